The second kappa shape index (κ2) is 3.81. The Morgan fingerprint density at radius 2 is 2.42 bits per heavy atom. The van der Waals surface area contributed by atoms with E-state index in [4.69, 9.17) is 11.6 Å². The van der Waals surface area contributed by atoms with E-state index in [2.05, 4.69) is 16.8 Å². The van der Waals surface area contributed by atoms with Gasteiger partial charge >= 0.3 is 0 Å². The first-order valence-electron chi connectivity index (χ1n) is 3.93. The van der Waals surface area contributed by atoms with Crippen molar-refractivity contribution in [2.45, 2.75) is 13.0 Å². The van der Waals surface area contributed by atoms with E-state index in [0.29, 0.717) is 11.9 Å². The highest BCUT2D eigenvalue weighted by Gasteiger charge is 2.11. The largest absolute Gasteiger partial charge is 0.341 e. The Labute approximate surface area is 78.0 Å². The Hall–Kier alpha value is -0.700. The Morgan fingerprint density at radius 3 is 2.83 bits per heavy atom. The molecule has 1 aromatic rings. The van der Waals surface area contributed by atoms with Crippen LogP contribution in [-0.4, -0.2) is 28.5 Å². The van der Waals surface area contributed by atoms with Crippen molar-refractivity contribution in [2.24, 2.45) is 7.05 Å². The van der Waals surface area contributed by atoms with Crippen molar-refractivity contribution >= 4 is 17.5 Å². The zero-order valence-electron chi connectivity index (χ0n) is 7.66. The minimum absolute atomic E-state index is 0.313. The lowest BCUT2D eigenvalue weighted by Gasteiger charge is -2.23. The van der Waals surface area contributed by atoms with Gasteiger partial charge in [-0.05, 0) is 6.92 Å². The van der Waals surface area contributed by atoms with Crippen LogP contribution >= 0.6 is 11.6 Å². The number of halogens is 1. The fourth-order valence-corrected chi connectivity index (χ4v) is 1.21. The quantitative estimate of drug-likeness (QED) is 0.669. The Bertz CT molecular complexity index is 246. The molecule has 0 aliphatic heterocycles. The lowest BCUT2D eigenvalue weighted by atomic mass is 10.3. The van der Waals surface area contributed by atoms with E-state index in [1.807, 2.05) is 24.9 Å². The van der Waals surface area contributed by atoms with Crippen molar-refractivity contribution in [3.8, 4) is 0 Å². The van der Waals surface area contributed by atoms with Crippen LogP contribution < -0.4 is 4.90 Å². The molecule has 1 unspecified atom stereocenters. The maximum atomic E-state index is 5.74. The SMILES string of the molecule is CC(CCl)N(C)c1nccn1C. The molecule has 0 spiro atoms. The van der Waals surface area contributed by atoms with Gasteiger partial charge in [-0.25, -0.2) is 4.98 Å². The molecule has 0 aromatic carbocycles. The van der Waals surface area contributed by atoms with Crippen LogP contribution in [0.3, 0.4) is 0 Å². The summed E-state index contributed by atoms with van der Waals surface area (Å²) in [4.78, 5) is 6.28. The summed E-state index contributed by atoms with van der Waals surface area (Å²) in [6, 6.07) is 0.313. The van der Waals surface area contributed by atoms with Crippen LogP contribution in [0.1, 0.15) is 6.92 Å². The van der Waals surface area contributed by atoms with Gasteiger partial charge in [0.25, 0.3) is 0 Å². The molecule has 0 saturated carbocycles. The number of aryl methyl sites for hydroxylation is 1. The maximum Gasteiger partial charge on any atom is 0.205 e. The second-order valence-electron chi connectivity index (χ2n) is 2.95. The normalized spacial score (nSPS) is 13.0. The minimum atomic E-state index is 0.313. The summed E-state index contributed by atoms with van der Waals surface area (Å²) < 4.78 is 1.98. The third kappa shape index (κ3) is 1.72. The van der Waals surface area contributed by atoms with Crippen molar-refractivity contribution in [2.75, 3.05) is 17.8 Å². The fourth-order valence-electron chi connectivity index (χ4n) is 0.998. The minimum Gasteiger partial charge on any atom is -0.341 e. The lowest BCUT2D eigenvalue weighted by Crippen LogP contribution is -2.32. The van der Waals surface area contributed by atoms with Gasteiger partial charge in [-0.3, -0.25) is 0 Å². The van der Waals surface area contributed by atoms with E-state index in [9.17, 15) is 0 Å². The summed E-state index contributed by atoms with van der Waals surface area (Å²) >= 11 is 5.74. The van der Waals surface area contributed by atoms with Gasteiger partial charge in [0.05, 0.1) is 0 Å². The zero-order valence-corrected chi connectivity index (χ0v) is 8.41. The number of aromatic nitrogens is 2. The third-order valence-electron chi connectivity index (χ3n) is 2.00. The average molecular weight is 188 g/mol. The maximum absolute atomic E-state index is 5.74. The number of imidazole rings is 1. The van der Waals surface area contributed by atoms with E-state index < -0.39 is 0 Å². The molecule has 1 atom stereocenters. The third-order valence-corrected chi connectivity index (χ3v) is 2.44. The molecule has 0 amide bonds. The summed E-state index contributed by atoms with van der Waals surface area (Å²) in [6.07, 6.45) is 3.71. The molecule has 3 nitrogen and oxygen atoms in total. The zero-order chi connectivity index (χ0) is 9.14. The lowest BCUT2D eigenvalue weighted by molar-refractivity contribution is 0.712. The molecule has 0 fully saturated rings. The predicted octanol–water partition coefficient (Wildman–Crippen LogP) is 1.48. The highest BCUT2D eigenvalue weighted by Crippen LogP contribution is 2.11. The molecule has 0 saturated heterocycles. The molecule has 0 N–H and O–H groups in total. The molecule has 1 rings (SSSR count). The van der Waals surface area contributed by atoms with Crippen LogP contribution in [0.5, 0.6) is 0 Å². The summed E-state index contributed by atoms with van der Waals surface area (Å²) in [5.41, 5.74) is 0. The number of hydrogen-bond acceptors (Lipinski definition) is 2. The van der Waals surface area contributed by atoms with Crippen molar-refractivity contribution in [1.82, 2.24) is 9.55 Å². The second-order valence-corrected chi connectivity index (χ2v) is 3.26. The molecule has 68 valence electrons. The molecule has 0 radical (unpaired) electrons. The van der Waals surface area contributed by atoms with Gasteiger partial charge in [0.1, 0.15) is 0 Å². The molecule has 12 heavy (non-hydrogen) atoms. The van der Waals surface area contributed by atoms with Gasteiger partial charge < -0.3 is 9.47 Å². The standard InChI is InChI=1S/C8H14ClN3/c1-7(6-9)12(3)8-10-4-5-11(8)2/h4-5,7H,6H2,1-3H3. The monoisotopic (exact) mass is 187 g/mol. The van der Waals surface area contributed by atoms with Crippen LogP contribution in [0.4, 0.5) is 5.95 Å². The summed E-state index contributed by atoms with van der Waals surface area (Å²) in [5.74, 6) is 1.56. The Morgan fingerprint density at radius 1 is 1.75 bits per heavy atom. The van der Waals surface area contributed by atoms with E-state index in [1.165, 1.54) is 0 Å². The summed E-state index contributed by atoms with van der Waals surface area (Å²) in [7, 11) is 3.97. The van der Waals surface area contributed by atoms with Crippen molar-refractivity contribution < 1.29 is 0 Å². The van der Waals surface area contributed by atoms with Crippen LogP contribution in [-0.2, 0) is 7.05 Å². The van der Waals surface area contributed by atoms with Gasteiger partial charge in [0.15, 0.2) is 0 Å². The molecule has 1 heterocycles. The molecular weight excluding hydrogens is 174 g/mol. The fraction of sp³-hybridized carbons (Fsp3) is 0.625. The molecule has 1 aromatic heterocycles. The molecular formula is C8H14ClN3. The number of nitrogens with zero attached hydrogens (tertiary/aromatic N) is 3. The van der Waals surface area contributed by atoms with Crippen LogP contribution in [0, 0.1) is 0 Å². The number of hydrogen-bond donors (Lipinski definition) is 0. The van der Waals surface area contributed by atoms with Gasteiger partial charge in [-0.15, -0.1) is 11.6 Å². The molecule has 0 aliphatic rings. The van der Waals surface area contributed by atoms with Crippen LogP contribution in [0.15, 0.2) is 12.4 Å². The molecule has 0 bridgehead atoms. The number of anilines is 1. The molecule has 4 heteroatoms. The van der Waals surface area contributed by atoms with Gasteiger partial charge in [-0.1, -0.05) is 0 Å². The highest BCUT2D eigenvalue weighted by molar-refractivity contribution is 6.18. The highest BCUT2D eigenvalue weighted by atomic mass is 35.5. The topological polar surface area (TPSA) is 21.1 Å². The van der Waals surface area contributed by atoms with E-state index >= 15 is 0 Å². The predicted molar refractivity (Wildman–Crippen MR) is 51.8 cm³/mol. The average Bonchev–Trinajstić information content (AvgIpc) is 2.48. The van der Waals surface area contributed by atoms with Crippen molar-refractivity contribution in [1.29, 1.82) is 0 Å². The number of alkyl halides is 1. The Balaban J connectivity index is 2.77. The summed E-state index contributed by atoms with van der Waals surface area (Å²) in [5, 5.41) is 0. The van der Waals surface area contributed by atoms with E-state index in [-0.39, 0.29) is 0 Å². The van der Waals surface area contributed by atoms with E-state index in [0.717, 1.165) is 5.95 Å². The first-order chi connectivity index (χ1) is 5.66. The molecule has 0 aliphatic carbocycles. The first kappa shape index (κ1) is 9.39. The van der Waals surface area contributed by atoms with E-state index in [1.54, 1.807) is 6.20 Å². The first-order valence-corrected chi connectivity index (χ1v) is 4.46. The van der Waals surface area contributed by atoms with Gasteiger partial charge in [-0.2, -0.15) is 0 Å². The Kier molecular flexibility index (Phi) is 2.98. The van der Waals surface area contributed by atoms with Crippen molar-refractivity contribution in [3.63, 3.8) is 0 Å². The number of rotatable bonds is 3. The van der Waals surface area contributed by atoms with Gasteiger partial charge in [0, 0.05) is 38.4 Å². The smallest absolute Gasteiger partial charge is 0.205 e. The van der Waals surface area contributed by atoms with Crippen LogP contribution in [0.25, 0.3) is 0 Å². The van der Waals surface area contributed by atoms with Crippen LogP contribution in [0.2, 0.25) is 0 Å². The summed E-state index contributed by atoms with van der Waals surface area (Å²) in [6.45, 7) is 2.07. The van der Waals surface area contributed by atoms with Gasteiger partial charge in [0.2, 0.25) is 5.95 Å². The van der Waals surface area contributed by atoms with Crippen molar-refractivity contribution in [3.05, 3.63) is 12.4 Å².